The van der Waals surface area contributed by atoms with E-state index in [0.29, 0.717) is 18.8 Å². The molecule has 3 N–H and O–H groups in total. The van der Waals surface area contributed by atoms with Crippen LogP contribution < -0.4 is 5.73 Å². The summed E-state index contributed by atoms with van der Waals surface area (Å²) in [5.41, 5.74) is 7.24. The molecule has 1 aromatic rings. The van der Waals surface area contributed by atoms with Crippen molar-refractivity contribution >= 4 is 17.7 Å². The van der Waals surface area contributed by atoms with Gasteiger partial charge in [0.15, 0.2) is 0 Å². The molecule has 1 heterocycles. The van der Waals surface area contributed by atoms with Gasteiger partial charge in [0.25, 0.3) is 0 Å². The predicted molar refractivity (Wildman–Crippen MR) is 67.0 cm³/mol. The van der Waals surface area contributed by atoms with E-state index in [1.54, 1.807) is 23.1 Å². The molecule has 4 heteroatoms. The molecule has 2 rings (SSSR count). The van der Waals surface area contributed by atoms with Gasteiger partial charge < -0.3 is 15.7 Å². The van der Waals surface area contributed by atoms with Crippen LogP contribution in [-0.4, -0.2) is 35.6 Å². The number of anilines is 1. The Hall–Kier alpha value is -1.81. The van der Waals surface area contributed by atoms with Crippen LogP contribution in [0.2, 0.25) is 0 Å². The first-order chi connectivity index (χ1) is 8.19. The van der Waals surface area contributed by atoms with E-state index in [9.17, 15) is 4.79 Å². The molecule has 1 saturated heterocycles. The number of hydrogen-bond donors (Lipinski definition) is 2. The van der Waals surface area contributed by atoms with Crippen LogP contribution in [0.25, 0.3) is 6.08 Å². The molecule has 0 unspecified atom stereocenters. The van der Waals surface area contributed by atoms with Crippen molar-refractivity contribution in [2.45, 2.75) is 0 Å². The number of aliphatic hydroxyl groups excluding tert-OH is 1. The van der Waals surface area contributed by atoms with Crippen molar-refractivity contribution in [1.82, 2.24) is 4.90 Å². The topological polar surface area (TPSA) is 66.6 Å². The highest BCUT2D eigenvalue weighted by atomic mass is 16.3. The van der Waals surface area contributed by atoms with Crippen LogP contribution in [0, 0.1) is 5.92 Å². The van der Waals surface area contributed by atoms with Gasteiger partial charge >= 0.3 is 0 Å². The molecule has 0 bridgehead atoms. The van der Waals surface area contributed by atoms with Gasteiger partial charge in [-0.15, -0.1) is 0 Å². The van der Waals surface area contributed by atoms with Crippen LogP contribution in [0.4, 0.5) is 5.69 Å². The Kier molecular flexibility index (Phi) is 3.44. The molecule has 1 aliphatic rings. The number of nitrogens with zero attached hydrogens (tertiary/aromatic N) is 1. The minimum Gasteiger partial charge on any atom is -0.399 e. The van der Waals surface area contributed by atoms with E-state index in [1.807, 2.05) is 18.2 Å². The zero-order chi connectivity index (χ0) is 12.3. The fourth-order valence-electron chi connectivity index (χ4n) is 1.80. The van der Waals surface area contributed by atoms with Gasteiger partial charge in [0, 0.05) is 37.4 Å². The van der Waals surface area contributed by atoms with Crippen molar-refractivity contribution in [3.63, 3.8) is 0 Å². The normalized spacial score (nSPS) is 16.2. The van der Waals surface area contributed by atoms with Gasteiger partial charge in [-0.3, -0.25) is 4.79 Å². The minimum atomic E-state index is -0.0166. The van der Waals surface area contributed by atoms with Gasteiger partial charge in [-0.1, -0.05) is 12.1 Å². The number of nitrogen functional groups attached to an aromatic ring is 1. The first kappa shape index (κ1) is 11.7. The average molecular weight is 232 g/mol. The third-order valence-corrected chi connectivity index (χ3v) is 2.86. The second kappa shape index (κ2) is 5.01. The molecule has 90 valence electrons. The molecule has 0 atom stereocenters. The van der Waals surface area contributed by atoms with Crippen LogP contribution in [0.3, 0.4) is 0 Å². The highest BCUT2D eigenvalue weighted by Gasteiger charge is 2.28. The summed E-state index contributed by atoms with van der Waals surface area (Å²) in [5.74, 6) is 0.233. The average Bonchev–Trinajstić information content (AvgIpc) is 2.25. The van der Waals surface area contributed by atoms with E-state index in [2.05, 4.69) is 0 Å². The summed E-state index contributed by atoms with van der Waals surface area (Å²) < 4.78 is 0. The predicted octanol–water partition coefficient (Wildman–Crippen LogP) is 0.733. The van der Waals surface area contributed by atoms with Crippen LogP contribution in [0.1, 0.15) is 5.56 Å². The van der Waals surface area contributed by atoms with E-state index >= 15 is 0 Å². The first-order valence-electron chi connectivity index (χ1n) is 5.62. The largest absolute Gasteiger partial charge is 0.399 e. The molecule has 1 amide bonds. The quantitative estimate of drug-likeness (QED) is 0.596. The van der Waals surface area contributed by atoms with Crippen molar-refractivity contribution in [2.75, 3.05) is 25.4 Å². The zero-order valence-electron chi connectivity index (χ0n) is 9.54. The van der Waals surface area contributed by atoms with Gasteiger partial charge in [-0.2, -0.15) is 0 Å². The smallest absolute Gasteiger partial charge is 0.246 e. The molecule has 0 aliphatic carbocycles. The lowest BCUT2D eigenvalue weighted by molar-refractivity contribution is -0.132. The Balaban J connectivity index is 1.91. The molecule has 0 spiro atoms. The van der Waals surface area contributed by atoms with Gasteiger partial charge in [-0.25, -0.2) is 0 Å². The Labute approximate surface area is 100 Å². The maximum atomic E-state index is 11.7. The Morgan fingerprint density at radius 1 is 1.53 bits per heavy atom. The fourth-order valence-corrected chi connectivity index (χ4v) is 1.80. The third kappa shape index (κ3) is 2.85. The monoisotopic (exact) mass is 232 g/mol. The van der Waals surface area contributed by atoms with Crippen LogP contribution in [0.5, 0.6) is 0 Å². The van der Waals surface area contributed by atoms with Gasteiger partial charge in [0.05, 0.1) is 0 Å². The molecule has 0 saturated carbocycles. The maximum absolute atomic E-state index is 11.7. The number of carbonyl (C=O) groups is 1. The van der Waals surface area contributed by atoms with Gasteiger partial charge in [-0.05, 0) is 23.8 Å². The second-order valence-electron chi connectivity index (χ2n) is 4.30. The van der Waals surface area contributed by atoms with E-state index < -0.39 is 0 Å². The summed E-state index contributed by atoms with van der Waals surface area (Å²) in [7, 11) is 0. The van der Waals surface area contributed by atoms with Crippen molar-refractivity contribution in [1.29, 1.82) is 0 Å². The molecule has 1 aromatic carbocycles. The van der Waals surface area contributed by atoms with E-state index in [1.165, 1.54) is 0 Å². The van der Waals surface area contributed by atoms with Crippen molar-refractivity contribution < 1.29 is 9.90 Å². The number of aliphatic hydroxyl groups is 1. The summed E-state index contributed by atoms with van der Waals surface area (Å²) in [6.45, 7) is 1.45. The summed E-state index contributed by atoms with van der Waals surface area (Å²) in [5, 5.41) is 8.85. The molecular formula is C13H16N2O2. The van der Waals surface area contributed by atoms with Gasteiger partial charge in [0.2, 0.25) is 5.91 Å². The molecular weight excluding hydrogens is 216 g/mol. The molecule has 1 fully saturated rings. The van der Waals surface area contributed by atoms with Crippen molar-refractivity contribution in [3.8, 4) is 0 Å². The highest BCUT2D eigenvalue weighted by Crippen LogP contribution is 2.15. The third-order valence-electron chi connectivity index (χ3n) is 2.86. The maximum Gasteiger partial charge on any atom is 0.246 e. The Morgan fingerprint density at radius 3 is 2.94 bits per heavy atom. The second-order valence-corrected chi connectivity index (χ2v) is 4.30. The number of nitrogens with two attached hydrogens (primary N) is 1. The zero-order valence-corrected chi connectivity index (χ0v) is 9.54. The summed E-state index contributed by atoms with van der Waals surface area (Å²) >= 11 is 0. The molecule has 0 radical (unpaired) electrons. The van der Waals surface area contributed by atoms with Crippen LogP contribution >= 0.6 is 0 Å². The number of rotatable bonds is 3. The SMILES string of the molecule is Nc1cccc(/C=C/C(=O)N2CC(CO)C2)c1. The fraction of sp³-hybridized carbons (Fsp3) is 0.308. The highest BCUT2D eigenvalue weighted by molar-refractivity contribution is 5.92. The Bertz CT molecular complexity index is 437. The van der Waals surface area contributed by atoms with Crippen molar-refractivity contribution in [3.05, 3.63) is 35.9 Å². The standard InChI is InChI=1S/C13H16N2O2/c14-12-3-1-2-10(6-12)4-5-13(17)15-7-11(8-15)9-16/h1-6,11,16H,7-9,14H2/b5-4+. The van der Waals surface area contributed by atoms with Crippen LogP contribution in [0.15, 0.2) is 30.3 Å². The molecule has 17 heavy (non-hydrogen) atoms. The molecule has 0 aromatic heterocycles. The lowest BCUT2D eigenvalue weighted by Gasteiger charge is -2.37. The summed E-state index contributed by atoms with van der Waals surface area (Å²) in [4.78, 5) is 13.4. The van der Waals surface area contributed by atoms with E-state index in [0.717, 1.165) is 5.56 Å². The Morgan fingerprint density at radius 2 is 2.29 bits per heavy atom. The lowest BCUT2D eigenvalue weighted by Crippen LogP contribution is -2.50. The van der Waals surface area contributed by atoms with Crippen molar-refractivity contribution in [2.24, 2.45) is 5.92 Å². The molecule has 4 nitrogen and oxygen atoms in total. The number of hydrogen-bond acceptors (Lipinski definition) is 3. The van der Waals surface area contributed by atoms with E-state index in [-0.39, 0.29) is 18.4 Å². The summed E-state index contributed by atoms with van der Waals surface area (Å²) in [6.07, 6.45) is 3.30. The molecule has 1 aliphatic heterocycles. The number of amides is 1. The summed E-state index contributed by atoms with van der Waals surface area (Å²) in [6, 6.07) is 7.37. The first-order valence-corrected chi connectivity index (χ1v) is 5.62. The number of likely N-dealkylation sites (tertiary alicyclic amines) is 1. The minimum absolute atomic E-state index is 0.0166. The number of benzene rings is 1. The lowest BCUT2D eigenvalue weighted by atomic mass is 10.0. The number of carbonyl (C=O) groups excluding carboxylic acids is 1. The van der Waals surface area contributed by atoms with Gasteiger partial charge in [0.1, 0.15) is 0 Å². The van der Waals surface area contributed by atoms with Crippen LogP contribution in [-0.2, 0) is 4.79 Å². The van der Waals surface area contributed by atoms with E-state index in [4.69, 9.17) is 10.8 Å².